The van der Waals surface area contributed by atoms with Crippen molar-refractivity contribution in [3.05, 3.63) is 58.9 Å². The second kappa shape index (κ2) is 8.20. The molecule has 128 valence electrons. The first-order valence-corrected chi connectivity index (χ1v) is 9.03. The molecule has 1 amide bonds. The van der Waals surface area contributed by atoms with Crippen molar-refractivity contribution in [3.63, 3.8) is 0 Å². The minimum absolute atomic E-state index is 0.0735. The van der Waals surface area contributed by atoms with Gasteiger partial charge in [-0.2, -0.15) is 0 Å². The lowest BCUT2D eigenvalue weighted by Crippen LogP contribution is -2.28. The fourth-order valence-electron chi connectivity index (χ4n) is 2.56. The maximum absolute atomic E-state index is 14.4. The molecule has 0 N–H and O–H groups in total. The van der Waals surface area contributed by atoms with Gasteiger partial charge in [0.25, 0.3) is 5.24 Å². The Hall–Kier alpha value is -2.01. The highest BCUT2D eigenvalue weighted by atomic mass is 32.2. The van der Waals surface area contributed by atoms with E-state index in [1.807, 2.05) is 39.0 Å². The molecular formula is C19H22FNO2S. The molecule has 0 aromatic heterocycles. The van der Waals surface area contributed by atoms with Gasteiger partial charge in [-0.05, 0) is 50.8 Å². The minimum atomic E-state index is -0.371. The van der Waals surface area contributed by atoms with E-state index < -0.39 is 0 Å². The molecule has 24 heavy (non-hydrogen) atoms. The summed E-state index contributed by atoms with van der Waals surface area (Å²) in [4.78, 5) is 13.7. The predicted octanol–water partition coefficient (Wildman–Crippen LogP) is 5.33. The number of nitrogens with zero attached hydrogens (tertiary/aromatic N) is 1. The van der Waals surface area contributed by atoms with E-state index in [2.05, 4.69) is 0 Å². The Morgan fingerprint density at radius 3 is 2.62 bits per heavy atom. The number of thioether (sulfide) groups is 1. The molecule has 0 fully saturated rings. The number of carbonyl (C=O) groups is 1. The van der Waals surface area contributed by atoms with Gasteiger partial charge in [0.2, 0.25) is 0 Å². The zero-order chi connectivity index (χ0) is 17.7. The molecule has 5 heteroatoms. The summed E-state index contributed by atoms with van der Waals surface area (Å²) in [5.74, 6) is 0.346. The van der Waals surface area contributed by atoms with E-state index in [1.165, 1.54) is 6.07 Å². The molecule has 0 aliphatic carbocycles. The fraction of sp³-hybridized carbons (Fsp3) is 0.316. The van der Waals surface area contributed by atoms with Gasteiger partial charge in [-0.1, -0.05) is 35.5 Å². The van der Waals surface area contributed by atoms with E-state index in [4.69, 9.17) is 4.74 Å². The van der Waals surface area contributed by atoms with Crippen LogP contribution in [0.2, 0.25) is 0 Å². The van der Waals surface area contributed by atoms with E-state index in [0.29, 0.717) is 23.5 Å². The van der Waals surface area contributed by atoms with Crippen LogP contribution in [0.5, 0.6) is 5.75 Å². The summed E-state index contributed by atoms with van der Waals surface area (Å²) >= 11 is 1.11. The van der Waals surface area contributed by atoms with E-state index >= 15 is 0 Å². The lowest BCUT2D eigenvalue weighted by molar-refractivity contribution is 0.265. The maximum atomic E-state index is 14.4. The molecule has 0 bridgehead atoms. The summed E-state index contributed by atoms with van der Waals surface area (Å²) in [5.41, 5.74) is 3.10. The lowest BCUT2D eigenvalue weighted by atomic mass is 10.1. The third kappa shape index (κ3) is 4.09. The first kappa shape index (κ1) is 18.3. The van der Waals surface area contributed by atoms with Gasteiger partial charge < -0.3 is 9.64 Å². The number of carbonyl (C=O) groups excluding carboxylic acids is 1. The number of aryl methyl sites for hydroxylation is 2. The van der Waals surface area contributed by atoms with Crippen molar-refractivity contribution in [3.8, 4) is 5.75 Å². The number of rotatable bonds is 5. The zero-order valence-corrected chi connectivity index (χ0v) is 15.2. The molecule has 0 heterocycles. The average molecular weight is 347 g/mol. The Bertz CT molecular complexity index is 733. The van der Waals surface area contributed by atoms with Crippen LogP contribution in [0.1, 0.15) is 23.6 Å². The fourth-order valence-corrected chi connectivity index (χ4v) is 3.01. The molecule has 0 atom stereocenters. The Morgan fingerprint density at radius 2 is 2.00 bits per heavy atom. The number of amides is 1. The summed E-state index contributed by atoms with van der Waals surface area (Å²) < 4.78 is 20.2. The predicted molar refractivity (Wildman–Crippen MR) is 98.6 cm³/mol. The summed E-state index contributed by atoms with van der Waals surface area (Å²) in [5, 5.41) is -0.115. The zero-order valence-electron chi connectivity index (χ0n) is 14.4. The van der Waals surface area contributed by atoms with Crippen LogP contribution in [0.4, 0.5) is 14.9 Å². The third-order valence-electron chi connectivity index (χ3n) is 3.80. The number of benzene rings is 2. The Balaban J connectivity index is 2.31. The van der Waals surface area contributed by atoms with E-state index in [9.17, 15) is 9.18 Å². The van der Waals surface area contributed by atoms with Crippen LogP contribution >= 0.6 is 11.8 Å². The van der Waals surface area contributed by atoms with Crippen molar-refractivity contribution < 1.29 is 13.9 Å². The van der Waals surface area contributed by atoms with Crippen molar-refractivity contribution >= 4 is 22.7 Å². The highest BCUT2D eigenvalue weighted by molar-refractivity contribution is 8.13. The van der Waals surface area contributed by atoms with Gasteiger partial charge in [-0.15, -0.1) is 0 Å². The largest absolute Gasteiger partial charge is 0.488 e. The van der Waals surface area contributed by atoms with Gasteiger partial charge in [0, 0.05) is 12.1 Å². The van der Waals surface area contributed by atoms with Crippen LogP contribution in [-0.4, -0.2) is 18.0 Å². The van der Waals surface area contributed by atoms with Crippen molar-refractivity contribution in [1.29, 1.82) is 0 Å². The summed E-state index contributed by atoms with van der Waals surface area (Å²) in [6.07, 6.45) is 1.72. The minimum Gasteiger partial charge on any atom is -0.488 e. The van der Waals surface area contributed by atoms with Crippen LogP contribution in [0, 0.1) is 19.7 Å². The van der Waals surface area contributed by atoms with Gasteiger partial charge in [0.05, 0.1) is 5.69 Å². The highest BCUT2D eigenvalue weighted by Crippen LogP contribution is 2.28. The average Bonchev–Trinajstić information content (AvgIpc) is 2.56. The summed E-state index contributed by atoms with van der Waals surface area (Å²) in [6.45, 7) is 6.39. The Kier molecular flexibility index (Phi) is 6.26. The summed E-state index contributed by atoms with van der Waals surface area (Å²) in [7, 11) is 0. The van der Waals surface area contributed by atoms with E-state index in [0.717, 1.165) is 22.9 Å². The molecule has 0 spiro atoms. The van der Waals surface area contributed by atoms with Crippen molar-refractivity contribution in [2.24, 2.45) is 0 Å². The van der Waals surface area contributed by atoms with Crippen LogP contribution in [-0.2, 0) is 6.61 Å². The molecule has 0 aliphatic heterocycles. The smallest absolute Gasteiger partial charge is 0.285 e. The van der Waals surface area contributed by atoms with Crippen molar-refractivity contribution in [2.75, 3.05) is 17.7 Å². The topological polar surface area (TPSA) is 29.5 Å². The van der Waals surface area contributed by atoms with Crippen LogP contribution in [0.3, 0.4) is 0 Å². The highest BCUT2D eigenvalue weighted by Gasteiger charge is 2.19. The van der Waals surface area contributed by atoms with Gasteiger partial charge in [0.1, 0.15) is 18.2 Å². The van der Waals surface area contributed by atoms with Gasteiger partial charge in [-0.25, -0.2) is 4.39 Å². The second-order valence-corrected chi connectivity index (χ2v) is 6.27. The molecule has 2 rings (SSSR count). The Morgan fingerprint density at radius 1 is 1.25 bits per heavy atom. The molecule has 0 radical (unpaired) electrons. The number of hydrogen-bond donors (Lipinski definition) is 0. The molecule has 3 nitrogen and oxygen atoms in total. The molecule has 2 aromatic carbocycles. The maximum Gasteiger partial charge on any atom is 0.285 e. The van der Waals surface area contributed by atoms with Gasteiger partial charge in [0.15, 0.2) is 0 Å². The quantitative estimate of drug-likeness (QED) is 0.732. The third-order valence-corrected chi connectivity index (χ3v) is 4.37. The molecule has 2 aromatic rings. The molecule has 0 aliphatic rings. The number of hydrogen-bond acceptors (Lipinski definition) is 3. The normalized spacial score (nSPS) is 10.5. The van der Waals surface area contributed by atoms with Gasteiger partial charge in [-0.3, -0.25) is 4.79 Å². The summed E-state index contributed by atoms with van der Waals surface area (Å²) in [6, 6.07) is 10.6. The number of ether oxygens (including phenoxy) is 1. The van der Waals surface area contributed by atoms with E-state index in [1.54, 1.807) is 23.3 Å². The molecule has 0 saturated carbocycles. The first-order valence-electron chi connectivity index (χ1n) is 7.80. The van der Waals surface area contributed by atoms with E-state index in [-0.39, 0.29) is 17.7 Å². The SMILES string of the molecule is CCN(C(=O)SC)c1cccc(F)c1COc1ccc(C)cc1C. The first-order chi connectivity index (χ1) is 11.5. The van der Waals surface area contributed by atoms with Crippen LogP contribution < -0.4 is 9.64 Å². The van der Waals surface area contributed by atoms with Gasteiger partial charge >= 0.3 is 0 Å². The monoisotopic (exact) mass is 347 g/mol. The molecule has 0 saturated heterocycles. The van der Waals surface area contributed by atoms with Crippen LogP contribution in [0.25, 0.3) is 0 Å². The lowest BCUT2D eigenvalue weighted by Gasteiger charge is -2.23. The number of halogens is 1. The second-order valence-electron chi connectivity index (χ2n) is 5.51. The number of anilines is 1. The van der Waals surface area contributed by atoms with Crippen LogP contribution in [0.15, 0.2) is 36.4 Å². The van der Waals surface area contributed by atoms with Crippen molar-refractivity contribution in [2.45, 2.75) is 27.4 Å². The molecule has 0 unspecified atom stereocenters. The molecular weight excluding hydrogens is 325 g/mol. The standard InChI is InChI=1S/C19H22FNO2S/c1-5-21(19(22)24-4)17-8-6-7-16(20)15(17)12-23-18-10-9-13(2)11-14(18)3/h6-11H,5,12H2,1-4H3. The van der Waals surface area contributed by atoms with Crippen molar-refractivity contribution in [1.82, 2.24) is 0 Å². The Labute approximate surface area is 146 Å².